The van der Waals surface area contributed by atoms with Crippen LogP contribution in [-0.4, -0.2) is 69.3 Å². The molecule has 1 saturated heterocycles. The Labute approximate surface area is 264 Å². The second-order valence-corrected chi connectivity index (χ2v) is 12.3. The molecule has 2 aromatic rings. The summed E-state index contributed by atoms with van der Waals surface area (Å²) in [5, 5.41) is 0. The number of Topliss-reactive ketones (excluding diaryl/α,β-unsaturated/α-hetero) is 1. The molecular formula is C32H39F4N3O7. The lowest BCUT2D eigenvalue weighted by Crippen LogP contribution is -2.33. The summed E-state index contributed by atoms with van der Waals surface area (Å²) < 4.78 is 73.0. The number of benzene rings is 2. The van der Waals surface area contributed by atoms with Crippen LogP contribution in [0.1, 0.15) is 79.7 Å². The van der Waals surface area contributed by atoms with Gasteiger partial charge in [-0.1, -0.05) is 20.8 Å². The lowest BCUT2D eigenvalue weighted by atomic mass is 9.84. The van der Waals surface area contributed by atoms with E-state index in [9.17, 15) is 27.6 Å². The third-order valence-electron chi connectivity index (χ3n) is 8.00. The summed E-state index contributed by atoms with van der Waals surface area (Å²) >= 11 is 0. The number of halogens is 4. The predicted octanol–water partition coefficient (Wildman–Crippen LogP) is 5.19. The summed E-state index contributed by atoms with van der Waals surface area (Å²) in [6, 6.07) is 5.15. The lowest BCUT2D eigenvalue weighted by molar-refractivity contribution is -0.201. The number of carbonyl (C=O) groups is 3. The zero-order valence-corrected chi connectivity index (χ0v) is 26.5. The number of alkyl halides is 3. The Morgan fingerprint density at radius 3 is 2.26 bits per heavy atom. The van der Waals surface area contributed by atoms with Gasteiger partial charge in [0.05, 0.1) is 39.2 Å². The Hall–Kier alpha value is -3.91. The number of hydrogen-bond acceptors (Lipinski definition) is 10. The topological polar surface area (TPSA) is 121 Å². The number of nitrogens with zero attached hydrogens (tertiary/aromatic N) is 2. The summed E-state index contributed by atoms with van der Waals surface area (Å²) in [7, 11) is 2.74. The van der Waals surface area contributed by atoms with Crippen LogP contribution < -0.4 is 24.8 Å². The molecule has 2 aromatic carbocycles. The highest BCUT2D eigenvalue weighted by atomic mass is 19.4. The fourth-order valence-electron chi connectivity index (χ4n) is 5.67. The molecule has 4 rings (SSSR count). The van der Waals surface area contributed by atoms with Gasteiger partial charge in [0.2, 0.25) is 0 Å². The average Bonchev–Trinajstić information content (AvgIpc) is 3.62. The molecule has 1 atom stereocenters. The number of esters is 2. The van der Waals surface area contributed by atoms with Gasteiger partial charge in [0.1, 0.15) is 5.75 Å². The van der Waals surface area contributed by atoms with Gasteiger partial charge in [0.25, 0.3) is 0 Å². The first-order chi connectivity index (χ1) is 21.6. The maximum absolute atomic E-state index is 15.3. The van der Waals surface area contributed by atoms with Crippen LogP contribution in [0.5, 0.6) is 17.2 Å². The van der Waals surface area contributed by atoms with Crippen molar-refractivity contribution >= 4 is 23.4 Å². The number of nitrogens with two attached hydrogens (primary N) is 1. The number of ketones is 1. The molecule has 2 aliphatic rings. The molecule has 0 aromatic heterocycles. The molecule has 0 aliphatic carbocycles. The number of fused-ring (bicyclic) bond motifs is 1. The minimum absolute atomic E-state index is 0.00673. The van der Waals surface area contributed by atoms with Crippen molar-refractivity contribution in [1.82, 2.24) is 4.90 Å². The van der Waals surface area contributed by atoms with Crippen LogP contribution in [0.2, 0.25) is 0 Å². The minimum Gasteiger partial charge on any atom is -0.493 e. The van der Waals surface area contributed by atoms with Crippen LogP contribution >= 0.6 is 0 Å². The van der Waals surface area contributed by atoms with Gasteiger partial charge >= 0.3 is 18.1 Å². The molecule has 1 fully saturated rings. The van der Waals surface area contributed by atoms with Gasteiger partial charge in [-0.3, -0.25) is 14.5 Å². The molecule has 0 amide bonds. The van der Waals surface area contributed by atoms with Gasteiger partial charge < -0.3 is 29.6 Å². The number of ether oxygens (including phenoxy) is 4. The first kappa shape index (κ1) is 35.0. The summed E-state index contributed by atoms with van der Waals surface area (Å²) in [4.78, 5) is 40.3. The zero-order valence-electron chi connectivity index (χ0n) is 26.5. The van der Waals surface area contributed by atoms with Crippen LogP contribution in [0.3, 0.4) is 0 Å². The summed E-state index contributed by atoms with van der Waals surface area (Å²) in [6.07, 6.45) is -4.76. The normalized spacial score (nSPS) is 16.7. The quantitative estimate of drug-likeness (QED) is 0.114. The molecule has 252 valence electrons. The van der Waals surface area contributed by atoms with Crippen molar-refractivity contribution in [2.24, 2.45) is 5.73 Å². The van der Waals surface area contributed by atoms with Crippen molar-refractivity contribution in [1.29, 1.82) is 0 Å². The Kier molecular flexibility index (Phi) is 10.5. The highest BCUT2D eigenvalue weighted by Crippen LogP contribution is 2.44. The minimum atomic E-state index is -5.27. The Balaban J connectivity index is 1.57. The SMILES string of the molecule is COc1cc2c(c(F)c1OC)C(N)N(CC(=O)c1cc(N3CCCC3)c(OCCCC(=O)OC(=O)C(F)(F)F)c(C(C)(C)C)c1)C2. The van der Waals surface area contributed by atoms with E-state index in [4.69, 9.17) is 19.9 Å². The predicted molar refractivity (Wildman–Crippen MR) is 160 cm³/mol. The van der Waals surface area contributed by atoms with Gasteiger partial charge in [-0.05, 0) is 48.4 Å². The standard InChI is InChI=1S/C32H39F4N3O7/c1-31(2,3)20-13-18(22(40)17-39-16-19-15-23(43-4)28(44-5)26(33)25(19)29(39)37)14-21(38-10-6-7-11-38)27(20)45-12-8-9-24(41)46-30(42)32(34,35)36/h13-15,29H,6-12,16-17,37H2,1-5H3. The molecule has 14 heteroatoms. The van der Waals surface area contributed by atoms with Crippen LogP contribution in [0.15, 0.2) is 18.2 Å². The number of hydrogen-bond donors (Lipinski definition) is 1. The van der Waals surface area contributed by atoms with Gasteiger partial charge in [-0.2, -0.15) is 13.2 Å². The van der Waals surface area contributed by atoms with E-state index in [2.05, 4.69) is 9.64 Å². The Morgan fingerprint density at radius 1 is 1.00 bits per heavy atom. The second kappa shape index (κ2) is 13.8. The van der Waals surface area contributed by atoms with Gasteiger partial charge in [-0.25, -0.2) is 9.18 Å². The summed E-state index contributed by atoms with van der Waals surface area (Å²) in [5.41, 5.74) is 8.56. The molecule has 0 spiro atoms. The molecule has 1 unspecified atom stereocenters. The van der Waals surface area contributed by atoms with Crippen molar-refractivity contribution in [2.75, 3.05) is 45.4 Å². The number of carbonyl (C=O) groups excluding carboxylic acids is 3. The molecule has 0 bridgehead atoms. The van der Waals surface area contributed by atoms with Crippen molar-refractivity contribution in [2.45, 2.75) is 70.8 Å². The summed E-state index contributed by atoms with van der Waals surface area (Å²) in [5.74, 6) is -4.07. The van der Waals surface area contributed by atoms with E-state index in [0.717, 1.165) is 25.9 Å². The van der Waals surface area contributed by atoms with Gasteiger partial charge in [0, 0.05) is 42.7 Å². The third-order valence-corrected chi connectivity index (χ3v) is 8.00. The fraction of sp³-hybridized carbons (Fsp3) is 0.531. The largest absolute Gasteiger partial charge is 0.493 e. The van der Waals surface area contributed by atoms with E-state index in [1.165, 1.54) is 14.2 Å². The average molecular weight is 654 g/mol. The zero-order chi connectivity index (χ0) is 34.0. The highest BCUT2D eigenvalue weighted by Gasteiger charge is 2.42. The molecule has 2 aliphatic heterocycles. The van der Waals surface area contributed by atoms with Crippen molar-refractivity contribution in [3.8, 4) is 17.2 Å². The number of rotatable bonds is 11. The van der Waals surface area contributed by atoms with E-state index in [-0.39, 0.29) is 49.0 Å². The molecule has 10 nitrogen and oxygen atoms in total. The molecule has 0 saturated carbocycles. The van der Waals surface area contributed by atoms with Gasteiger partial charge in [0.15, 0.2) is 23.1 Å². The smallest absolute Gasteiger partial charge is 0.491 e. The van der Waals surface area contributed by atoms with Crippen LogP contribution in [-0.2, 0) is 26.3 Å². The van der Waals surface area contributed by atoms with Crippen molar-refractivity contribution in [3.63, 3.8) is 0 Å². The van der Waals surface area contributed by atoms with Crippen molar-refractivity contribution in [3.05, 3.63) is 46.3 Å². The number of anilines is 1. The molecule has 2 N–H and O–H groups in total. The first-order valence-electron chi connectivity index (χ1n) is 14.9. The van der Waals surface area contributed by atoms with Crippen LogP contribution in [0.25, 0.3) is 0 Å². The van der Waals surface area contributed by atoms with E-state index in [0.29, 0.717) is 28.1 Å². The molecule has 46 heavy (non-hydrogen) atoms. The number of methoxy groups -OCH3 is 2. The van der Waals surface area contributed by atoms with Gasteiger partial charge in [-0.15, -0.1) is 0 Å². The molecular weight excluding hydrogens is 614 g/mol. The maximum Gasteiger partial charge on any atom is 0.491 e. The van der Waals surface area contributed by atoms with E-state index in [1.54, 1.807) is 23.1 Å². The first-order valence-corrected chi connectivity index (χ1v) is 14.9. The van der Waals surface area contributed by atoms with Crippen LogP contribution in [0, 0.1) is 5.82 Å². The fourth-order valence-corrected chi connectivity index (χ4v) is 5.67. The van der Waals surface area contributed by atoms with E-state index < -0.39 is 41.9 Å². The lowest BCUT2D eigenvalue weighted by Gasteiger charge is -2.30. The monoisotopic (exact) mass is 653 g/mol. The Bertz CT molecular complexity index is 1480. The molecule has 2 heterocycles. The van der Waals surface area contributed by atoms with Crippen LogP contribution in [0.4, 0.5) is 23.2 Å². The van der Waals surface area contributed by atoms with Crippen molar-refractivity contribution < 1.29 is 50.9 Å². The molecule has 0 radical (unpaired) electrons. The Morgan fingerprint density at radius 2 is 1.67 bits per heavy atom. The summed E-state index contributed by atoms with van der Waals surface area (Å²) in [6.45, 7) is 7.38. The highest BCUT2D eigenvalue weighted by molar-refractivity contribution is 5.99. The van der Waals surface area contributed by atoms with E-state index in [1.807, 2.05) is 20.8 Å². The van der Waals surface area contributed by atoms with E-state index >= 15 is 4.39 Å². The second-order valence-electron chi connectivity index (χ2n) is 12.3. The third kappa shape index (κ3) is 7.55. The maximum atomic E-state index is 15.3.